The molecule has 0 unspecified atom stereocenters. The smallest absolute Gasteiger partial charge is 0.175 e. The Bertz CT molecular complexity index is 880. The zero-order chi connectivity index (χ0) is 16.2. The minimum atomic E-state index is 0.581. The summed E-state index contributed by atoms with van der Waals surface area (Å²) in [6, 6.07) is 12.8. The van der Waals surface area contributed by atoms with Gasteiger partial charge in [-0.2, -0.15) is 5.26 Å². The van der Waals surface area contributed by atoms with Gasteiger partial charge in [0, 0.05) is 17.8 Å². The van der Waals surface area contributed by atoms with E-state index in [9.17, 15) is 0 Å². The van der Waals surface area contributed by atoms with E-state index < -0.39 is 0 Å². The van der Waals surface area contributed by atoms with E-state index in [0.29, 0.717) is 34.6 Å². The third-order valence-electron chi connectivity index (χ3n) is 2.99. The minimum Gasteiger partial charge on any atom is -0.360 e. The maximum Gasteiger partial charge on any atom is 0.175 e. The van der Waals surface area contributed by atoms with E-state index in [1.54, 1.807) is 31.2 Å². The van der Waals surface area contributed by atoms with E-state index in [-0.39, 0.29) is 0 Å². The van der Waals surface area contributed by atoms with Crippen molar-refractivity contribution >= 4 is 23.1 Å². The number of rotatable bonds is 4. The van der Waals surface area contributed by atoms with E-state index in [0.717, 1.165) is 5.69 Å². The van der Waals surface area contributed by atoms with Crippen LogP contribution in [0.4, 0.5) is 23.1 Å². The molecule has 0 aliphatic heterocycles. The Kier molecular flexibility index (Phi) is 3.89. The molecule has 0 aliphatic rings. The van der Waals surface area contributed by atoms with Crippen molar-refractivity contribution in [2.45, 2.75) is 13.8 Å². The molecule has 0 spiro atoms. The molecule has 23 heavy (non-hydrogen) atoms. The summed E-state index contributed by atoms with van der Waals surface area (Å²) in [6.07, 6.45) is 0. The summed E-state index contributed by atoms with van der Waals surface area (Å²) in [4.78, 5) is 8.66. The van der Waals surface area contributed by atoms with Crippen LogP contribution in [0.3, 0.4) is 0 Å². The number of aromatic nitrogens is 3. The molecule has 0 atom stereocenters. The summed E-state index contributed by atoms with van der Waals surface area (Å²) >= 11 is 0. The maximum atomic E-state index is 8.95. The molecule has 2 heterocycles. The van der Waals surface area contributed by atoms with Crippen LogP contribution in [0.5, 0.6) is 0 Å². The Balaban J connectivity index is 1.83. The van der Waals surface area contributed by atoms with Gasteiger partial charge in [0.1, 0.15) is 23.2 Å². The van der Waals surface area contributed by atoms with Gasteiger partial charge in [0.15, 0.2) is 5.82 Å². The molecular weight excluding hydrogens is 292 g/mol. The minimum absolute atomic E-state index is 0.581. The average molecular weight is 306 g/mol. The molecule has 114 valence electrons. The molecule has 7 nitrogen and oxygen atoms in total. The number of anilines is 4. The van der Waals surface area contributed by atoms with Gasteiger partial charge >= 0.3 is 0 Å². The monoisotopic (exact) mass is 306 g/mol. The van der Waals surface area contributed by atoms with Crippen molar-refractivity contribution in [3.05, 3.63) is 53.5 Å². The lowest BCUT2D eigenvalue weighted by Gasteiger charge is -2.09. The molecular formula is C16H14N6O. The van der Waals surface area contributed by atoms with E-state index in [2.05, 4.69) is 31.8 Å². The number of hydrogen-bond acceptors (Lipinski definition) is 7. The second-order valence-electron chi connectivity index (χ2n) is 4.95. The first-order chi connectivity index (χ1) is 11.1. The van der Waals surface area contributed by atoms with Gasteiger partial charge in [-0.25, -0.2) is 9.97 Å². The third kappa shape index (κ3) is 3.63. The number of nitriles is 1. The zero-order valence-corrected chi connectivity index (χ0v) is 12.7. The van der Waals surface area contributed by atoms with Gasteiger partial charge < -0.3 is 15.2 Å². The summed E-state index contributed by atoms with van der Waals surface area (Å²) < 4.78 is 5.02. The van der Waals surface area contributed by atoms with Crippen molar-refractivity contribution in [1.29, 1.82) is 5.26 Å². The SMILES string of the molecule is Cc1nc(Nc2cccc(C#N)c2)cc(Nc2cc(C)on2)n1. The Labute approximate surface area is 133 Å². The van der Waals surface area contributed by atoms with Gasteiger partial charge in [-0.05, 0) is 32.0 Å². The quantitative estimate of drug-likeness (QED) is 0.761. The van der Waals surface area contributed by atoms with Crippen LogP contribution < -0.4 is 10.6 Å². The number of hydrogen-bond donors (Lipinski definition) is 2. The maximum absolute atomic E-state index is 8.95. The van der Waals surface area contributed by atoms with E-state index >= 15 is 0 Å². The summed E-state index contributed by atoms with van der Waals surface area (Å²) in [7, 11) is 0. The number of aryl methyl sites for hydroxylation is 2. The molecule has 7 heteroatoms. The van der Waals surface area contributed by atoms with Crippen LogP contribution in [0, 0.1) is 25.2 Å². The Morgan fingerprint density at radius 2 is 1.78 bits per heavy atom. The molecule has 0 bridgehead atoms. The van der Waals surface area contributed by atoms with Crippen molar-refractivity contribution in [3.63, 3.8) is 0 Å². The number of nitrogens with one attached hydrogen (secondary N) is 2. The molecule has 0 aliphatic carbocycles. The lowest BCUT2D eigenvalue weighted by Crippen LogP contribution is -2.01. The number of benzene rings is 1. The lowest BCUT2D eigenvalue weighted by molar-refractivity contribution is 0.400. The third-order valence-corrected chi connectivity index (χ3v) is 2.99. The Morgan fingerprint density at radius 1 is 1.00 bits per heavy atom. The molecule has 1 aromatic carbocycles. The first kappa shape index (κ1) is 14.5. The molecule has 0 saturated carbocycles. The Hall–Kier alpha value is -3.40. The standard InChI is InChI=1S/C16H14N6O/c1-10-6-16(22-23-10)21-15-8-14(18-11(2)19-15)20-13-5-3-4-12(7-13)9-17/h3-8H,1-2H3,(H2,18,19,20,21,22). The Morgan fingerprint density at radius 3 is 2.48 bits per heavy atom. The van der Waals surface area contributed by atoms with Crippen LogP contribution in [-0.4, -0.2) is 15.1 Å². The van der Waals surface area contributed by atoms with Crippen molar-refractivity contribution in [2.24, 2.45) is 0 Å². The molecule has 3 aromatic rings. The molecule has 0 saturated heterocycles. The van der Waals surface area contributed by atoms with Gasteiger partial charge in [-0.3, -0.25) is 0 Å². The second-order valence-corrected chi connectivity index (χ2v) is 4.95. The predicted molar refractivity (Wildman–Crippen MR) is 85.7 cm³/mol. The lowest BCUT2D eigenvalue weighted by atomic mass is 10.2. The molecule has 0 radical (unpaired) electrons. The van der Waals surface area contributed by atoms with Crippen molar-refractivity contribution in [2.75, 3.05) is 10.6 Å². The second kappa shape index (κ2) is 6.15. The van der Waals surface area contributed by atoms with Crippen LogP contribution in [0.25, 0.3) is 0 Å². The van der Waals surface area contributed by atoms with Crippen LogP contribution >= 0.6 is 0 Å². The van der Waals surface area contributed by atoms with Crippen LogP contribution in [-0.2, 0) is 0 Å². The largest absolute Gasteiger partial charge is 0.360 e. The highest BCUT2D eigenvalue weighted by molar-refractivity contribution is 5.62. The highest BCUT2D eigenvalue weighted by atomic mass is 16.5. The van der Waals surface area contributed by atoms with E-state index in [1.807, 2.05) is 19.1 Å². The van der Waals surface area contributed by atoms with Gasteiger partial charge in [0.2, 0.25) is 0 Å². The van der Waals surface area contributed by atoms with E-state index in [1.165, 1.54) is 0 Å². The van der Waals surface area contributed by atoms with Gasteiger partial charge in [0.25, 0.3) is 0 Å². The molecule has 0 amide bonds. The summed E-state index contributed by atoms with van der Waals surface area (Å²) in [5.41, 5.74) is 1.36. The normalized spacial score (nSPS) is 10.1. The van der Waals surface area contributed by atoms with E-state index in [4.69, 9.17) is 9.78 Å². The van der Waals surface area contributed by atoms with Crippen LogP contribution in [0.2, 0.25) is 0 Å². The highest BCUT2D eigenvalue weighted by Crippen LogP contribution is 2.20. The average Bonchev–Trinajstić information content (AvgIpc) is 2.92. The fourth-order valence-electron chi connectivity index (χ4n) is 2.07. The summed E-state index contributed by atoms with van der Waals surface area (Å²) in [5, 5.41) is 19.1. The molecule has 2 aromatic heterocycles. The molecule has 0 fully saturated rings. The van der Waals surface area contributed by atoms with Gasteiger partial charge in [-0.15, -0.1) is 0 Å². The molecule has 2 N–H and O–H groups in total. The fraction of sp³-hybridized carbons (Fsp3) is 0.125. The van der Waals surface area contributed by atoms with Gasteiger partial charge in [0.05, 0.1) is 11.6 Å². The fourth-order valence-corrected chi connectivity index (χ4v) is 2.07. The van der Waals surface area contributed by atoms with Gasteiger partial charge in [-0.1, -0.05) is 11.2 Å². The molecule has 3 rings (SSSR count). The first-order valence-electron chi connectivity index (χ1n) is 6.95. The summed E-state index contributed by atoms with van der Waals surface area (Å²) in [5.74, 6) is 3.12. The van der Waals surface area contributed by atoms with Crippen LogP contribution in [0.15, 0.2) is 40.9 Å². The highest BCUT2D eigenvalue weighted by Gasteiger charge is 2.06. The van der Waals surface area contributed by atoms with Crippen molar-refractivity contribution < 1.29 is 4.52 Å². The van der Waals surface area contributed by atoms with Crippen molar-refractivity contribution in [3.8, 4) is 6.07 Å². The zero-order valence-electron chi connectivity index (χ0n) is 12.7. The predicted octanol–water partition coefficient (Wildman–Crippen LogP) is 3.44. The first-order valence-corrected chi connectivity index (χ1v) is 6.95. The topological polar surface area (TPSA) is 99.7 Å². The van der Waals surface area contributed by atoms with Crippen molar-refractivity contribution in [1.82, 2.24) is 15.1 Å². The van der Waals surface area contributed by atoms with Crippen LogP contribution in [0.1, 0.15) is 17.1 Å². The number of nitrogens with zero attached hydrogens (tertiary/aromatic N) is 4. The summed E-state index contributed by atoms with van der Waals surface area (Å²) in [6.45, 7) is 3.62.